The lowest BCUT2D eigenvalue weighted by Crippen LogP contribution is -2.33. The lowest BCUT2D eigenvalue weighted by molar-refractivity contribution is -0.385. The van der Waals surface area contributed by atoms with Gasteiger partial charge >= 0.3 is 5.69 Å². The topological polar surface area (TPSA) is 111 Å². The average Bonchev–Trinajstić information content (AvgIpc) is 3.23. The number of rotatable bonds is 4. The van der Waals surface area contributed by atoms with Crippen molar-refractivity contribution in [2.24, 2.45) is 11.1 Å². The van der Waals surface area contributed by atoms with Crippen LogP contribution in [-0.2, 0) is 14.4 Å². The Morgan fingerprint density at radius 3 is 2.62 bits per heavy atom. The second-order valence-electron chi connectivity index (χ2n) is 6.54. The minimum Gasteiger partial charge on any atom is -0.490 e. The van der Waals surface area contributed by atoms with Gasteiger partial charge in [0, 0.05) is 22.7 Å². The number of imide groups is 1. The third-order valence-electron chi connectivity index (χ3n) is 4.90. The maximum Gasteiger partial charge on any atom is 0.311 e. The van der Waals surface area contributed by atoms with Gasteiger partial charge in [-0.3, -0.25) is 19.7 Å². The van der Waals surface area contributed by atoms with Gasteiger partial charge < -0.3 is 9.57 Å². The number of aryl methyl sites for hydroxylation is 1. The van der Waals surface area contributed by atoms with E-state index in [4.69, 9.17) is 21.2 Å². The fraction of sp³-hybridized carbons (Fsp3) is 0.211. The van der Waals surface area contributed by atoms with E-state index in [1.165, 1.54) is 19.2 Å². The van der Waals surface area contributed by atoms with E-state index in [0.29, 0.717) is 16.1 Å². The van der Waals surface area contributed by atoms with Crippen LogP contribution >= 0.6 is 11.6 Å². The monoisotopic (exact) mass is 415 g/mol. The van der Waals surface area contributed by atoms with Gasteiger partial charge in [-0.05, 0) is 18.6 Å². The number of fused-ring (bicyclic) bond motifs is 1. The van der Waals surface area contributed by atoms with Crippen LogP contribution in [0.1, 0.15) is 11.1 Å². The van der Waals surface area contributed by atoms with Crippen LogP contribution in [0.25, 0.3) is 0 Å². The van der Waals surface area contributed by atoms with Crippen LogP contribution in [-0.4, -0.2) is 35.7 Å². The quantitative estimate of drug-likeness (QED) is 0.431. The smallest absolute Gasteiger partial charge is 0.311 e. The van der Waals surface area contributed by atoms with Gasteiger partial charge in [-0.15, -0.1) is 0 Å². The first kappa shape index (κ1) is 18.9. The molecule has 9 nitrogen and oxygen atoms in total. The summed E-state index contributed by atoms with van der Waals surface area (Å²) in [6.07, 6.45) is -1.12. The van der Waals surface area contributed by atoms with Crippen molar-refractivity contribution in [1.29, 1.82) is 0 Å². The summed E-state index contributed by atoms with van der Waals surface area (Å²) in [6.45, 7) is 1.57. The summed E-state index contributed by atoms with van der Waals surface area (Å²) in [7, 11) is 1.27. The molecule has 2 heterocycles. The van der Waals surface area contributed by atoms with Crippen molar-refractivity contribution in [2.75, 3.05) is 12.0 Å². The zero-order valence-corrected chi connectivity index (χ0v) is 16.0. The zero-order valence-electron chi connectivity index (χ0n) is 15.3. The van der Waals surface area contributed by atoms with Crippen LogP contribution in [0.2, 0.25) is 5.02 Å². The molecule has 0 bridgehead atoms. The third-order valence-corrected chi connectivity index (χ3v) is 5.23. The predicted molar refractivity (Wildman–Crippen MR) is 103 cm³/mol. The number of methoxy groups -OCH3 is 1. The van der Waals surface area contributed by atoms with Gasteiger partial charge in [0.1, 0.15) is 11.6 Å². The van der Waals surface area contributed by atoms with Crippen molar-refractivity contribution >= 4 is 40.5 Å². The SMILES string of the molecule is COc1cc(N2C(=O)[C@@H]3C(c4ccccc4Cl)=NO[C@H]3C2=O)c(C)cc1[N+](=O)[O-]. The maximum atomic E-state index is 13.2. The number of halogens is 1. The average molecular weight is 416 g/mol. The Morgan fingerprint density at radius 1 is 1.24 bits per heavy atom. The van der Waals surface area contributed by atoms with E-state index in [2.05, 4.69) is 5.16 Å². The van der Waals surface area contributed by atoms with E-state index in [1.807, 2.05) is 0 Å². The molecular weight excluding hydrogens is 402 g/mol. The second-order valence-corrected chi connectivity index (χ2v) is 6.95. The molecule has 2 amide bonds. The molecule has 2 atom stereocenters. The second kappa shape index (κ2) is 6.85. The minimum absolute atomic E-state index is 0.0610. The van der Waals surface area contributed by atoms with Gasteiger partial charge in [0.15, 0.2) is 5.75 Å². The highest BCUT2D eigenvalue weighted by Gasteiger charge is 2.56. The lowest BCUT2D eigenvalue weighted by Gasteiger charge is -2.18. The highest BCUT2D eigenvalue weighted by molar-refractivity contribution is 6.38. The van der Waals surface area contributed by atoms with Gasteiger partial charge in [-0.25, -0.2) is 4.90 Å². The fourth-order valence-electron chi connectivity index (χ4n) is 3.52. The molecule has 29 heavy (non-hydrogen) atoms. The van der Waals surface area contributed by atoms with E-state index >= 15 is 0 Å². The first-order valence-electron chi connectivity index (χ1n) is 8.54. The molecule has 148 valence electrons. The number of nitrogens with zero attached hydrogens (tertiary/aromatic N) is 3. The molecule has 2 aliphatic heterocycles. The maximum absolute atomic E-state index is 13.2. The minimum atomic E-state index is -1.12. The summed E-state index contributed by atoms with van der Waals surface area (Å²) in [6, 6.07) is 9.37. The van der Waals surface area contributed by atoms with Gasteiger partial charge in [-0.1, -0.05) is 35.0 Å². The molecule has 10 heteroatoms. The molecule has 0 aromatic heterocycles. The molecule has 0 radical (unpaired) electrons. The number of amides is 2. The number of ether oxygens (including phenoxy) is 1. The Morgan fingerprint density at radius 2 is 1.97 bits per heavy atom. The van der Waals surface area contributed by atoms with Crippen molar-refractivity contribution in [2.45, 2.75) is 13.0 Å². The first-order valence-corrected chi connectivity index (χ1v) is 8.92. The number of nitro groups is 1. The number of oxime groups is 1. The number of anilines is 1. The van der Waals surface area contributed by atoms with Crippen molar-refractivity contribution in [1.82, 2.24) is 0 Å². The van der Waals surface area contributed by atoms with E-state index in [1.54, 1.807) is 31.2 Å². The molecule has 0 N–H and O–H groups in total. The number of carbonyl (C=O) groups is 2. The fourth-order valence-corrected chi connectivity index (χ4v) is 3.75. The molecule has 2 aromatic rings. The largest absolute Gasteiger partial charge is 0.490 e. The molecular formula is C19H14ClN3O6. The van der Waals surface area contributed by atoms with E-state index in [0.717, 1.165) is 4.90 Å². The molecule has 2 aromatic carbocycles. The van der Waals surface area contributed by atoms with Crippen LogP contribution in [0.3, 0.4) is 0 Å². The molecule has 1 fully saturated rings. The van der Waals surface area contributed by atoms with Crippen LogP contribution in [0.15, 0.2) is 41.6 Å². The normalized spacial score (nSPS) is 20.4. The summed E-state index contributed by atoms with van der Waals surface area (Å²) >= 11 is 6.22. The molecule has 1 saturated heterocycles. The first-order chi connectivity index (χ1) is 13.8. The van der Waals surface area contributed by atoms with Gasteiger partial charge in [-0.2, -0.15) is 0 Å². The van der Waals surface area contributed by atoms with Crippen molar-refractivity contribution < 1.29 is 24.1 Å². The summed E-state index contributed by atoms with van der Waals surface area (Å²) in [5.74, 6) is -2.17. The predicted octanol–water partition coefficient (Wildman–Crippen LogP) is 2.86. The Kier molecular flexibility index (Phi) is 4.46. The van der Waals surface area contributed by atoms with Crippen molar-refractivity contribution in [3.63, 3.8) is 0 Å². The third kappa shape index (κ3) is 2.82. The van der Waals surface area contributed by atoms with Crippen molar-refractivity contribution in [3.8, 4) is 5.75 Å². The van der Waals surface area contributed by atoms with Gasteiger partial charge in [0.25, 0.3) is 5.91 Å². The summed E-state index contributed by atoms with van der Waals surface area (Å²) in [5.41, 5.74) is 1.08. The molecule has 2 aliphatic rings. The highest BCUT2D eigenvalue weighted by Crippen LogP contribution is 2.40. The van der Waals surface area contributed by atoms with Crippen LogP contribution in [0.4, 0.5) is 11.4 Å². The van der Waals surface area contributed by atoms with Gasteiger partial charge in [0.2, 0.25) is 12.0 Å². The molecule has 4 rings (SSSR count). The van der Waals surface area contributed by atoms with Crippen LogP contribution in [0.5, 0.6) is 5.75 Å². The standard InChI is InChI=1S/C19H14ClN3O6/c1-9-7-13(23(26)27)14(28-2)8-12(9)22-18(24)15-16(21-29-17(15)19(22)25)10-5-3-4-6-11(10)20/h3-8,15,17H,1-2H3/t15-,17-/m1/s1. The van der Waals surface area contributed by atoms with Crippen LogP contribution < -0.4 is 9.64 Å². The summed E-state index contributed by atoms with van der Waals surface area (Å²) in [4.78, 5) is 43.0. The number of nitro benzene ring substituents is 1. The Balaban J connectivity index is 1.77. The van der Waals surface area contributed by atoms with Crippen molar-refractivity contribution in [3.05, 3.63) is 62.7 Å². The molecule has 0 spiro atoms. The highest BCUT2D eigenvalue weighted by atomic mass is 35.5. The Hall–Kier alpha value is -3.46. The van der Waals surface area contributed by atoms with E-state index in [9.17, 15) is 19.7 Å². The summed E-state index contributed by atoms with van der Waals surface area (Å²) in [5, 5.41) is 15.5. The Labute approximate surface area is 169 Å². The number of hydrogen-bond acceptors (Lipinski definition) is 7. The molecule has 0 saturated carbocycles. The molecule has 0 unspecified atom stereocenters. The Bertz CT molecular complexity index is 1100. The van der Waals surface area contributed by atoms with Gasteiger partial charge in [0.05, 0.1) is 17.7 Å². The molecule has 0 aliphatic carbocycles. The number of hydrogen-bond donors (Lipinski definition) is 0. The van der Waals surface area contributed by atoms with E-state index < -0.39 is 28.8 Å². The van der Waals surface area contributed by atoms with Crippen LogP contribution in [0, 0.1) is 23.0 Å². The number of carbonyl (C=O) groups excluding carboxylic acids is 2. The number of benzene rings is 2. The lowest BCUT2D eigenvalue weighted by atomic mass is 9.94. The van der Waals surface area contributed by atoms with E-state index in [-0.39, 0.29) is 22.8 Å². The summed E-state index contributed by atoms with van der Waals surface area (Å²) < 4.78 is 5.07. The zero-order chi connectivity index (χ0) is 20.9.